The van der Waals surface area contributed by atoms with Gasteiger partial charge in [0.25, 0.3) is 26.1 Å². The van der Waals surface area contributed by atoms with Crippen molar-refractivity contribution in [2.45, 2.75) is 77.2 Å². The van der Waals surface area contributed by atoms with Gasteiger partial charge in [-0.15, -0.1) is 0 Å². The number of amides is 2. The molecule has 2 aliphatic heterocycles. The summed E-state index contributed by atoms with van der Waals surface area (Å²) in [6, 6.07) is 18.8. The molecular formula is C52H54I6N4O8S2. The van der Waals surface area contributed by atoms with Crippen LogP contribution in [0.15, 0.2) is 114 Å². The number of nitrogens with one attached hydrogen (secondary N) is 1. The smallest absolute Gasteiger partial charge is 0.264 e. The van der Waals surface area contributed by atoms with Crippen LogP contribution >= 0.6 is 136 Å². The van der Waals surface area contributed by atoms with Gasteiger partial charge in [-0.1, -0.05) is 74.1 Å². The first kappa shape index (κ1) is 59.7. The number of anilines is 2. The molecule has 0 spiro atoms. The fraction of sp³-hybridized carbons (Fsp3) is 0.327. The molecule has 1 saturated heterocycles. The van der Waals surface area contributed by atoms with Gasteiger partial charge < -0.3 is 15.1 Å². The van der Waals surface area contributed by atoms with Gasteiger partial charge in [0.05, 0.1) is 16.9 Å². The number of halogens is 6. The van der Waals surface area contributed by atoms with Crippen LogP contribution in [-0.4, -0.2) is 85.5 Å². The number of carbonyl (C=O) groups excluding carboxylic acids is 2. The Hall–Kier alpha value is -1.55. The molecule has 1 fully saturated rings. The van der Waals surface area contributed by atoms with Gasteiger partial charge in [0, 0.05) is 80.4 Å². The van der Waals surface area contributed by atoms with Crippen LogP contribution in [0.5, 0.6) is 0 Å². The Morgan fingerprint density at radius 3 is 2.06 bits per heavy atom. The van der Waals surface area contributed by atoms with Crippen molar-refractivity contribution in [2.75, 3.05) is 41.4 Å². The van der Waals surface area contributed by atoms with Crippen molar-refractivity contribution in [1.82, 2.24) is 4.90 Å². The Morgan fingerprint density at radius 1 is 0.806 bits per heavy atom. The Bertz CT molecular complexity index is 3120. The molecule has 2 amide bonds. The minimum absolute atomic E-state index is 0.164. The summed E-state index contributed by atoms with van der Waals surface area (Å²) in [6.45, 7) is 11.4. The molecule has 384 valence electrons. The number of fused-ring (bicyclic) bond motifs is 1. The maximum atomic E-state index is 14.2. The zero-order chi connectivity index (χ0) is 52.9. The van der Waals surface area contributed by atoms with Crippen LogP contribution in [0.3, 0.4) is 0 Å². The van der Waals surface area contributed by atoms with Gasteiger partial charge in [-0.25, -0.2) is 0 Å². The maximum Gasteiger partial charge on any atom is 0.264 e. The predicted molar refractivity (Wildman–Crippen MR) is 341 cm³/mol. The van der Waals surface area contributed by atoms with Gasteiger partial charge in [-0.2, -0.15) is 16.8 Å². The molecule has 4 aromatic carbocycles. The van der Waals surface area contributed by atoms with E-state index in [1.165, 1.54) is 0 Å². The molecule has 0 aliphatic carbocycles. The highest BCUT2D eigenvalue weighted by molar-refractivity contribution is 14.1. The summed E-state index contributed by atoms with van der Waals surface area (Å²) in [4.78, 5) is 36.3. The Labute approximate surface area is 505 Å². The normalized spacial score (nSPS) is 18.4. The van der Waals surface area contributed by atoms with E-state index in [0.717, 1.165) is 66.3 Å². The number of hydrogen-bond donors (Lipinski definition) is 3. The molecule has 12 nitrogen and oxygen atoms in total. The molecule has 2 heterocycles. The lowest BCUT2D eigenvalue weighted by molar-refractivity contribution is -0.119. The SMILES string of the molecule is Cc1ccc(NC(=O)C2CCCN2C(=O)c2ccc(C3(C)/C(=C/C=C/C=C/C=C/C(=N\CCCS(=O)(=O)O)C(C)(C)c4c(C)cc(I)c(I)c4I)N(CCCS(=O)(=O)O)c4cc(I)c(I)c(I)c43)cc2)cc1. The van der Waals surface area contributed by atoms with E-state index in [4.69, 9.17) is 4.99 Å². The van der Waals surface area contributed by atoms with Gasteiger partial charge in [0.1, 0.15) is 6.04 Å². The molecule has 0 radical (unpaired) electrons. The number of nitrogens with zero attached hydrogens (tertiary/aromatic N) is 3. The molecule has 0 aromatic heterocycles. The van der Waals surface area contributed by atoms with E-state index in [0.29, 0.717) is 37.2 Å². The Kier molecular flexibility index (Phi) is 21.0. The highest BCUT2D eigenvalue weighted by Crippen LogP contribution is 2.55. The molecule has 2 aliphatic rings. The van der Waals surface area contributed by atoms with Crippen molar-refractivity contribution in [3.8, 4) is 0 Å². The van der Waals surface area contributed by atoms with Crippen molar-refractivity contribution in [1.29, 1.82) is 0 Å². The minimum Gasteiger partial charge on any atom is -0.344 e. The van der Waals surface area contributed by atoms with Crippen LogP contribution in [0, 0.1) is 35.3 Å². The van der Waals surface area contributed by atoms with Crippen molar-refractivity contribution in [3.05, 3.63) is 164 Å². The third-order valence-corrected chi connectivity index (χ3v) is 24.6. The molecule has 2 unspecified atom stereocenters. The summed E-state index contributed by atoms with van der Waals surface area (Å²) < 4.78 is 72.7. The van der Waals surface area contributed by atoms with Gasteiger partial charge >= 0.3 is 0 Å². The Morgan fingerprint density at radius 2 is 1.40 bits per heavy atom. The third-order valence-electron chi connectivity index (χ3n) is 12.8. The highest BCUT2D eigenvalue weighted by atomic mass is 127. The average Bonchev–Trinajstić information content (AvgIpc) is 3.89. The summed E-state index contributed by atoms with van der Waals surface area (Å²) in [5, 5.41) is 2.98. The predicted octanol–water partition coefficient (Wildman–Crippen LogP) is 12.8. The molecule has 3 N–H and O–H groups in total. The van der Waals surface area contributed by atoms with E-state index < -0.39 is 42.9 Å². The standard InChI is InChI=1S/C52H54I6N4O8S2/c1-32-17-23-36(24-18-32)60-49(63)39-14-11-26-62(39)50(64)34-19-21-35(22-20-34)52(5)42(61(27-13-29-72(68,69)70)40-31-38(54)46(56)48(58)44(40)52)16-10-8-6-7-9-15-41(59-25-12-28-71(65,66)67)51(3,4)43-33(2)30-37(53)45(55)47(43)57/h6-10,15-24,30-31,39H,11-14,25-29H2,1-5H3,(H,60,63)(H,65,66,67)(H,68,69,70)/b7-6+,10-8+,15-9+,42-16-,59-41+. The second-order valence-electron chi connectivity index (χ2n) is 18.3. The van der Waals surface area contributed by atoms with Crippen molar-refractivity contribution in [2.24, 2.45) is 4.99 Å². The molecule has 4 aromatic rings. The summed E-state index contributed by atoms with van der Waals surface area (Å²) in [5.74, 6) is -1.23. The van der Waals surface area contributed by atoms with Crippen LogP contribution in [-0.2, 0) is 35.9 Å². The van der Waals surface area contributed by atoms with Crippen LogP contribution in [0.25, 0.3) is 0 Å². The topological polar surface area (TPSA) is 174 Å². The molecular weight excluding hydrogens is 1630 g/mol. The van der Waals surface area contributed by atoms with Gasteiger partial charge in [-0.3, -0.25) is 23.7 Å². The fourth-order valence-electron chi connectivity index (χ4n) is 9.25. The number of benzene rings is 4. The molecule has 6 rings (SSSR count). The molecule has 2 atom stereocenters. The van der Waals surface area contributed by atoms with E-state index in [1.807, 2.05) is 98.0 Å². The second-order valence-corrected chi connectivity index (χ2v) is 28.1. The molecule has 20 heteroatoms. The number of aliphatic imine (C=N–C) groups is 1. The molecule has 0 saturated carbocycles. The lowest BCUT2D eigenvalue weighted by Gasteiger charge is -2.31. The monoisotopic (exact) mass is 1690 g/mol. The first-order valence-electron chi connectivity index (χ1n) is 22.8. The number of carbonyl (C=O) groups is 2. The Balaban J connectivity index is 1.34. The van der Waals surface area contributed by atoms with E-state index in [2.05, 4.69) is 186 Å². The van der Waals surface area contributed by atoms with Gasteiger partial charge in [-0.05, 0) is 247 Å². The second kappa shape index (κ2) is 25.3. The summed E-state index contributed by atoms with van der Waals surface area (Å²) in [5.41, 5.74) is 7.59. The lowest BCUT2D eigenvalue weighted by atomic mass is 9.75. The average molecular weight is 1690 g/mol. The molecule has 0 bridgehead atoms. The van der Waals surface area contributed by atoms with Crippen LogP contribution in [0.4, 0.5) is 11.4 Å². The number of aryl methyl sites for hydroxylation is 2. The zero-order valence-corrected chi connectivity index (χ0v) is 54.6. The van der Waals surface area contributed by atoms with Gasteiger partial charge in [0.2, 0.25) is 5.91 Å². The number of rotatable bonds is 18. The van der Waals surface area contributed by atoms with Crippen LogP contribution in [0.1, 0.15) is 84.6 Å². The van der Waals surface area contributed by atoms with Crippen molar-refractivity contribution >= 4 is 185 Å². The van der Waals surface area contributed by atoms with E-state index >= 15 is 0 Å². The number of allylic oxidation sites excluding steroid dienone is 8. The van der Waals surface area contributed by atoms with Crippen molar-refractivity contribution < 1.29 is 35.5 Å². The largest absolute Gasteiger partial charge is 0.344 e. The maximum absolute atomic E-state index is 14.2. The first-order valence-corrected chi connectivity index (χ1v) is 32.5. The fourth-order valence-corrected chi connectivity index (χ4v) is 15.9. The summed E-state index contributed by atoms with van der Waals surface area (Å²) in [7, 11) is -8.35. The minimum atomic E-state index is -4.23. The first-order chi connectivity index (χ1) is 33.8. The van der Waals surface area contributed by atoms with E-state index in [9.17, 15) is 35.5 Å². The lowest BCUT2D eigenvalue weighted by Crippen LogP contribution is -2.43. The van der Waals surface area contributed by atoms with Crippen LogP contribution < -0.4 is 10.2 Å². The third kappa shape index (κ3) is 14.3. The van der Waals surface area contributed by atoms with E-state index in [-0.39, 0.29) is 37.0 Å². The quantitative estimate of drug-likeness (QED) is 0.0219. The summed E-state index contributed by atoms with van der Waals surface area (Å²) in [6.07, 6.45) is 15.1. The van der Waals surface area contributed by atoms with E-state index in [1.54, 1.807) is 4.90 Å². The summed E-state index contributed by atoms with van der Waals surface area (Å²) >= 11 is 14.2. The van der Waals surface area contributed by atoms with Gasteiger partial charge in [0.15, 0.2) is 0 Å². The zero-order valence-electron chi connectivity index (χ0n) is 40.0. The molecule has 72 heavy (non-hydrogen) atoms. The van der Waals surface area contributed by atoms with Crippen molar-refractivity contribution in [3.63, 3.8) is 0 Å². The highest BCUT2D eigenvalue weighted by Gasteiger charge is 2.47. The number of hydrogen-bond acceptors (Lipinski definition) is 8. The number of likely N-dealkylation sites (tertiary alicyclic amines) is 1. The van der Waals surface area contributed by atoms with Crippen LogP contribution in [0.2, 0.25) is 0 Å².